The molecule has 0 bridgehead atoms. The van der Waals surface area contributed by atoms with Gasteiger partial charge in [0, 0.05) is 0 Å². The Morgan fingerprint density at radius 2 is 1.58 bits per heavy atom. The lowest BCUT2D eigenvalue weighted by Gasteiger charge is -1.97. The lowest BCUT2D eigenvalue weighted by Crippen LogP contribution is -1.84. The first-order valence-electron chi connectivity index (χ1n) is 6.11. The molecule has 0 saturated carbocycles. The third-order valence-electron chi connectivity index (χ3n) is 2.77. The van der Waals surface area contributed by atoms with Gasteiger partial charge >= 0.3 is 0 Å². The van der Waals surface area contributed by atoms with Crippen molar-refractivity contribution < 1.29 is 4.39 Å². The number of aryl methyl sites for hydroxylation is 1. The van der Waals surface area contributed by atoms with Gasteiger partial charge < -0.3 is 0 Å². The number of hydrogen-bond acceptors (Lipinski definition) is 1. The smallest absolute Gasteiger partial charge is 0.123 e. The van der Waals surface area contributed by atoms with Gasteiger partial charge in [0.15, 0.2) is 0 Å². The van der Waals surface area contributed by atoms with Crippen molar-refractivity contribution in [3.8, 4) is 6.07 Å². The summed E-state index contributed by atoms with van der Waals surface area (Å²) >= 11 is 0. The van der Waals surface area contributed by atoms with E-state index in [1.807, 2.05) is 18.2 Å². The van der Waals surface area contributed by atoms with Crippen LogP contribution in [0.15, 0.2) is 54.6 Å². The highest BCUT2D eigenvalue weighted by Gasteiger charge is 1.93. The molecule has 0 amide bonds. The number of halogens is 1. The van der Waals surface area contributed by atoms with Gasteiger partial charge in [0.25, 0.3) is 0 Å². The summed E-state index contributed by atoms with van der Waals surface area (Å²) in [5, 5.41) is 8.68. The summed E-state index contributed by atoms with van der Waals surface area (Å²) in [7, 11) is 0. The Morgan fingerprint density at radius 1 is 0.947 bits per heavy atom. The molecule has 0 unspecified atom stereocenters. The van der Waals surface area contributed by atoms with Gasteiger partial charge in [0.2, 0.25) is 0 Å². The molecule has 0 N–H and O–H groups in total. The molecule has 19 heavy (non-hydrogen) atoms. The van der Waals surface area contributed by atoms with E-state index in [1.165, 1.54) is 12.1 Å². The van der Waals surface area contributed by atoms with Crippen molar-refractivity contribution in [3.05, 3.63) is 83.2 Å². The fraction of sp³-hybridized carbons (Fsp3) is 0.118. The molecule has 2 heteroatoms. The van der Waals surface area contributed by atoms with Crippen molar-refractivity contribution >= 4 is 0 Å². The van der Waals surface area contributed by atoms with E-state index in [0.717, 1.165) is 24.0 Å². The molecule has 93 valence electrons. The molecule has 0 heterocycles. The minimum atomic E-state index is -0.205. The van der Waals surface area contributed by atoms with Gasteiger partial charge in [0.05, 0.1) is 11.6 Å². The SMILES string of the molecule is N#Cc1ccc(/[C]=C\CCc2ccc(F)cc2)cc1. The van der Waals surface area contributed by atoms with Crippen molar-refractivity contribution in [2.45, 2.75) is 12.8 Å². The second kappa shape index (κ2) is 6.51. The van der Waals surface area contributed by atoms with Gasteiger partial charge in [0.1, 0.15) is 5.82 Å². The molecule has 0 saturated heterocycles. The molecule has 0 aromatic heterocycles. The highest BCUT2D eigenvalue weighted by atomic mass is 19.1. The van der Waals surface area contributed by atoms with Crippen LogP contribution < -0.4 is 0 Å². The van der Waals surface area contributed by atoms with E-state index in [2.05, 4.69) is 12.1 Å². The first-order chi connectivity index (χ1) is 9.28. The Balaban J connectivity index is 1.86. The van der Waals surface area contributed by atoms with Crippen molar-refractivity contribution in [3.63, 3.8) is 0 Å². The second-order valence-electron chi connectivity index (χ2n) is 4.20. The van der Waals surface area contributed by atoms with E-state index in [1.54, 1.807) is 24.3 Å². The zero-order chi connectivity index (χ0) is 13.5. The Bertz CT molecular complexity index is 589. The van der Waals surface area contributed by atoms with E-state index in [9.17, 15) is 4.39 Å². The van der Waals surface area contributed by atoms with Gasteiger partial charge in [-0.05, 0) is 54.3 Å². The molecule has 0 atom stereocenters. The van der Waals surface area contributed by atoms with E-state index in [0.29, 0.717) is 5.56 Å². The quantitative estimate of drug-likeness (QED) is 0.803. The third kappa shape index (κ3) is 4.08. The lowest BCUT2D eigenvalue weighted by molar-refractivity contribution is 0.627. The highest BCUT2D eigenvalue weighted by Crippen LogP contribution is 2.07. The summed E-state index contributed by atoms with van der Waals surface area (Å²) in [5.41, 5.74) is 2.72. The Hall–Kier alpha value is -2.40. The molecule has 0 spiro atoms. The largest absolute Gasteiger partial charge is 0.207 e. The predicted octanol–water partition coefficient (Wildman–Crippen LogP) is 4.04. The number of rotatable bonds is 4. The van der Waals surface area contributed by atoms with E-state index in [4.69, 9.17) is 5.26 Å². The number of nitrogens with zero attached hydrogens (tertiary/aromatic N) is 1. The van der Waals surface area contributed by atoms with Gasteiger partial charge in [-0.3, -0.25) is 0 Å². The van der Waals surface area contributed by atoms with Crippen LogP contribution >= 0.6 is 0 Å². The molecule has 1 radical (unpaired) electrons. The summed E-state index contributed by atoms with van der Waals surface area (Å²) < 4.78 is 12.7. The van der Waals surface area contributed by atoms with Crippen molar-refractivity contribution in [1.29, 1.82) is 5.26 Å². The predicted molar refractivity (Wildman–Crippen MR) is 72.8 cm³/mol. The Labute approximate surface area is 112 Å². The van der Waals surface area contributed by atoms with Gasteiger partial charge in [-0.25, -0.2) is 4.39 Å². The van der Waals surface area contributed by atoms with Crippen LogP contribution in [0.5, 0.6) is 0 Å². The molecule has 0 aliphatic carbocycles. The molecule has 0 fully saturated rings. The monoisotopic (exact) mass is 250 g/mol. The fourth-order valence-electron chi connectivity index (χ4n) is 1.72. The van der Waals surface area contributed by atoms with Crippen LogP contribution in [0.1, 0.15) is 23.1 Å². The summed E-state index contributed by atoms with van der Waals surface area (Å²) in [5.74, 6) is -0.205. The molecule has 0 aliphatic heterocycles. The lowest BCUT2D eigenvalue weighted by atomic mass is 10.1. The standard InChI is InChI=1S/C17H13FN/c18-17-11-9-15(10-12-17)4-2-1-3-14-5-7-16(13-19)8-6-14/h1,5-12H,2,4H2. The minimum Gasteiger partial charge on any atom is -0.207 e. The maximum atomic E-state index is 12.7. The minimum absolute atomic E-state index is 0.205. The average Bonchev–Trinajstić information content (AvgIpc) is 2.46. The molecule has 0 aliphatic rings. The first-order valence-corrected chi connectivity index (χ1v) is 6.11. The van der Waals surface area contributed by atoms with Gasteiger partial charge in [-0.1, -0.05) is 30.3 Å². The van der Waals surface area contributed by atoms with Gasteiger partial charge in [-0.15, -0.1) is 0 Å². The average molecular weight is 250 g/mol. The molecule has 1 nitrogen and oxygen atoms in total. The number of hydrogen-bond donors (Lipinski definition) is 0. The Kier molecular flexibility index (Phi) is 4.47. The van der Waals surface area contributed by atoms with Gasteiger partial charge in [-0.2, -0.15) is 5.26 Å². The van der Waals surface area contributed by atoms with Crippen LogP contribution in [0.4, 0.5) is 4.39 Å². The van der Waals surface area contributed by atoms with Crippen molar-refractivity contribution in [2.24, 2.45) is 0 Å². The summed E-state index contributed by atoms with van der Waals surface area (Å²) in [6, 6.07) is 15.9. The van der Waals surface area contributed by atoms with Crippen LogP contribution in [0.3, 0.4) is 0 Å². The van der Waals surface area contributed by atoms with Crippen LogP contribution in [-0.4, -0.2) is 0 Å². The fourth-order valence-corrected chi connectivity index (χ4v) is 1.72. The van der Waals surface area contributed by atoms with Crippen LogP contribution in [-0.2, 0) is 6.42 Å². The summed E-state index contributed by atoms with van der Waals surface area (Å²) in [4.78, 5) is 0. The van der Waals surface area contributed by atoms with Crippen molar-refractivity contribution in [1.82, 2.24) is 0 Å². The van der Waals surface area contributed by atoms with E-state index < -0.39 is 0 Å². The molecule has 2 aromatic carbocycles. The molecule has 2 rings (SSSR count). The topological polar surface area (TPSA) is 23.8 Å². The zero-order valence-corrected chi connectivity index (χ0v) is 10.4. The number of allylic oxidation sites excluding steroid dienone is 1. The normalized spacial score (nSPS) is 10.5. The highest BCUT2D eigenvalue weighted by molar-refractivity contribution is 5.33. The first kappa shape index (κ1) is 13.0. The van der Waals surface area contributed by atoms with Crippen molar-refractivity contribution in [2.75, 3.05) is 0 Å². The van der Waals surface area contributed by atoms with Crippen LogP contribution in [0.25, 0.3) is 0 Å². The Morgan fingerprint density at radius 3 is 2.21 bits per heavy atom. The summed E-state index contributed by atoms with van der Waals surface area (Å²) in [6.45, 7) is 0. The van der Waals surface area contributed by atoms with Crippen LogP contribution in [0, 0.1) is 23.2 Å². The number of benzene rings is 2. The third-order valence-corrected chi connectivity index (χ3v) is 2.77. The van der Waals surface area contributed by atoms with E-state index in [-0.39, 0.29) is 5.82 Å². The second-order valence-corrected chi connectivity index (χ2v) is 4.20. The molecule has 2 aromatic rings. The number of nitriles is 1. The zero-order valence-electron chi connectivity index (χ0n) is 10.4. The molecular formula is C17H13FN. The van der Waals surface area contributed by atoms with E-state index >= 15 is 0 Å². The molecular weight excluding hydrogens is 237 g/mol. The maximum Gasteiger partial charge on any atom is 0.123 e. The van der Waals surface area contributed by atoms with Crippen LogP contribution in [0.2, 0.25) is 0 Å². The maximum absolute atomic E-state index is 12.7. The summed E-state index contributed by atoms with van der Waals surface area (Å²) in [6.07, 6.45) is 6.85.